The highest BCUT2D eigenvalue weighted by molar-refractivity contribution is 8.00. The molecule has 7 nitrogen and oxygen atoms in total. The molecule has 1 saturated heterocycles. The lowest BCUT2D eigenvalue weighted by Gasteiger charge is -2.29. The first-order chi connectivity index (χ1) is 18.3. The van der Waals surface area contributed by atoms with Crippen molar-refractivity contribution in [1.29, 1.82) is 0 Å². The molecular weight excluding hydrogens is 546 g/mol. The van der Waals surface area contributed by atoms with Crippen molar-refractivity contribution in [2.75, 3.05) is 10.2 Å². The largest absolute Gasteiger partial charge is 0.325 e. The molecule has 2 unspecified atom stereocenters. The first kappa shape index (κ1) is 24.8. The fraction of sp³-hybridized carbons (Fsp3) is 0.185. The van der Waals surface area contributed by atoms with Crippen LogP contribution in [0.15, 0.2) is 75.9 Å². The maximum absolute atomic E-state index is 13.7. The molecule has 2 aliphatic rings. The zero-order valence-corrected chi connectivity index (χ0v) is 22.4. The maximum Gasteiger partial charge on any atom is 0.308 e. The summed E-state index contributed by atoms with van der Waals surface area (Å²) in [5, 5.41) is 4.45. The van der Waals surface area contributed by atoms with Crippen LogP contribution in [0.4, 0.5) is 15.8 Å². The minimum absolute atomic E-state index is 0.218. The molecule has 4 aromatic rings. The molecule has 3 atom stereocenters. The molecule has 192 valence electrons. The third-order valence-electron chi connectivity index (χ3n) is 6.62. The number of halogens is 1. The molecular formula is C27H20FN3O4S3. The van der Waals surface area contributed by atoms with Crippen molar-refractivity contribution in [3.05, 3.63) is 96.8 Å². The second-order valence-corrected chi connectivity index (χ2v) is 12.2. The second kappa shape index (κ2) is 9.64. The number of aromatic nitrogens is 1. The summed E-state index contributed by atoms with van der Waals surface area (Å²) in [5.41, 5.74) is 1.98. The van der Waals surface area contributed by atoms with Crippen LogP contribution >= 0.6 is 34.4 Å². The third-order valence-corrected chi connectivity index (χ3v) is 10.2. The molecule has 0 saturated carbocycles. The van der Waals surface area contributed by atoms with E-state index in [1.807, 2.05) is 36.6 Å². The number of anilines is 2. The number of fused-ring (bicyclic) bond motifs is 2. The van der Waals surface area contributed by atoms with E-state index >= 15 is 0 Å². The predicted octanol–water partition coefficient (Wildman–Crippen LogP) is 4.85. The van der Waals surface area contributed by atoms with Crippen LogP contribution in [0.1, 0.15) is 21.2 Å². The van der Waals surface area contributed by atoms with Gasteiger partial charge in [0.25, 0.3) is 0 Å². The van der Waals surface area contributed by atoms with Gasteiger partial charge in [-0.1, -0.05) is 46.9 Å². The smallest absolute Gasteiger partial charge is 0.308 e. The Hall–Kier alpha value is -3.54. The van der Waals surface area contributed by atoms with E-state index < -0.39 is 28.8 Å². The lowest BCUT2D eigenvalue weighted by Crippen LogP contribution is -2.32. The summed E-state index contributed by atoms with van der Waals surface area (Å²) in [7, 11) is 0. The molecule has 1 fully saturated rings. The minimum atomic E-state index is -0.785. The van der Waals surface area contributed by atoms with Gasteiger partial charge in [-0.3, -0.25) is 23.7 Å². The number of imide groups is 1. The van der Waals surface area contributed by atoms with E-state index in [-0.39, 0.29) is 23.2 Å². The molecule has 0 radical (unpaired) electrons. The van der Waals surface area contributed by atoms with E-state index in [2.05, 4.69) is 5.32 Å². The molecule has 2 aromatic carbocycles. The van der Waals surface area contributed by atoms with Crippen LogP contribution in [0.25, 0.3) is 0 Å². The maximum atomic E-state index is 13.7. The summed E-state index contributed by atoms with van der Waals surface area (Å²) in [6.45, 7) is 1.73. The topological polar surface area (TPSA) is 88.5 Å². The SMILES string of the molecule is Cc1ccc(NC(=O)Cn2c3c(sc2=O)[C@H](c2cccs2)C2C(=O)N(c4ccc(F)cc4)C(=O)C2S3)cc1. The van der Waals surface area contributed by atoms with E-state index in [1.165, 1.54) is 40.2 Å². The Labute approximate surface area is 228 Å². The molecule has 4 heterocycles. The standard InChI is InChI=1S/C27H20FN3O4S3/c1-14-4-8-16(9-5-14)29-19(32)13-30-26-23(38-27(30)35)20(18-3-2-12-36-18)21-22(37-26)25(34)31(24(21)33)17-10-6-15(28)7-11-17/h2-12,20-22H,13H2,1H3,(H,29,32)/t20-,21?,22?/m1/s1. The number of amides is 3. The number of hydrogen-bond donors (Lipinski definition) is 1. The van der Waals surface area contributed by atoms with Crippen molar-refractivity contribution >= 4 is 63.5 Å². The number of nitrogens with zero attached hydrogens (tertiary/aromatic N) is 2. The Balaban J connectivity index is 1.38. The van der Waals surface area contributed by atoms with Crippen LogP contribution in [-0.2, 0) is 20.9 Å². The number of hydrogen-bond acceptors (Lipinski definition) is 7. The number of thiophene rings is 1. The monoisotopic (exact) mass is 565 g/mol. The first-order valence-corrected chi connectivity index (χ1v) is 14.3. The van der Waals surface area contributed by atoms with Crippen molar-refractivity contribution < 1.29 is 18.8 Å². The van der Waals surface area contributed by atoms with Crippen LogP contribution < -0.4 is 15.1 Å². The fourth-order valence-corrected chi connectivity index (χ4v) is 8.58. The van der Waals surface area contributed by atoms with Crippen molar-refractivity contribution in [1.82, 2.24) is 4.57 Å². The highest BCUT2D eigenvalue weighted by atomic mass is 32.2. The fourth-order valence-electron chi connectivity index (χ4n) is 4.86. The Bertz CT molecular complexity index is 1610. The van der Waals surface area contributed by atoms with Gasteiger partial charge >= 0.3 is 4.87 Å². The summed E-state index contributed by atoms with van der Waals surface area (Å²) in [5.74, 6) is -2.86. The Morgan fingerprint density at radius 2 is 1.74 bits per heavy atom. The number of carbonyl (C=O) groups is 3. The molecule has 11 heteroatoms. The third kappa shape index (κ3) is 4.20. The van der Waals surface area contributed by atoms with Crippen LogP contribution in [0.3, 0.4) is 0 Å². The minimum Gasteiger partial charge on any atom is -0.325 e. The lowest BCUT2D eigenvalue weighted by atomic mass is 9.87. The number of thiazole rings is 1. The number of thioether (sulfide) groups is 1. The van der Waals surface area contributed by atoms with Gasteiger partial charge in [0, 0.05) is 21.4 Å². The van der Waals surface area contributed by atoms with Crippen molar-refractivity contribution in [2.45, 2.75) is 29.7 Å². The van der Waals surface area contributed by atoms with E-state index in [1.54, 1.807) is 12.1 Å². The van der Waals surface area contributed by atoms with Gasteiger partial charge in [0.1, 0.15) is 17.6 Å². The normalized spacial score (nSPS) is 20.4. The van der Waals surface area contributed by atoms with Crippen molar-refractivity contribution in [3.8, 4) is 0 Å². The Kier molecular flexibility index (Phi) is 6.29. The Morgan fingerprint density at radius 1 is 1.00 bits per heavy atom. The lowest BCUT2D eigenvalue weighted by molar-refractivity contribution is -0.122. The highest BCUT2D eigenvalue weighted by Gasteiger charge is 2.57. The molecule has 2 aromatic heterocycles. The molecule has 38 heavy (non-hydrogen) atoms. The number of rotatable bonds is 5. The number of aryl methyl sites for hydroxylation is 1. The van der Waals surface area contributed by atoms with Crippen LogP contribution in [-0.4, -0.2) is 27.5 Å². The van der Waals surface area contributed by atoms with Gasteiger partial charge in [0.2, 0.25) is 17.7 Å². The van der Waals surface area contributed by atoms with Gasteiger partial charge in [-0.2, -0.15) is 0 Å². The average molecular weight is 566 g/mol. The first-order valence-electron chi connectivity index (χ1n) is 11.8. The summed E-state index contributed by atoms with van der Waals surface area (Å²) in [4.78, 5) is 55.7. The quantitative estimate of drug-likeness (QED) is 0.350. The predicted molar refractivity (Wildman–Crippen MR) is 147 cm³/mol. The number of nitrogens with one attached hydrogen (secondary N) is 1. The molecule has 0 spiro atoms. The van der Waals surface area contributed by atoms with E-state index in [9.17, 15) is 23.6 Å². The summed E-state index contributed by atoms with van der Waals surface area (Å²) >= 11 is 3.61. The summed E-state index contributed by atoms with van der Waals surface area (Å²) < 4.78 is 14.9. The average Bonchev–Trinajstić information content (AvgIpc) is 3.59. The molecule has 0 aliphatic carbocycles. The number of benzene rings is 2. The molecule has 2 aliphatic heterocycles. The van der Waals surface area contributed by atoms with Crippen LogP contribution in [0.2, 0.25) is 0 Å². The highest BCUT2D eigenvalue weighted by Crippen LogP contribution is 2.54. The summed E-state index contributed by atoms with van der Waals surface area (Å²) in [6.07, 6.45) is 0. The molecule has 3 amide bonds. The van der Waals surface area contributed by atoms with E-state index in [0.29, 0.717) is 21.3 Å². The van der Waals surface area contributed by atoms with Gasteiger partial charge in [0.15, 0.2) is 0 Å². The molecule has 0 bridgehead atoms. The van der Waals surface area contributed by atoms with Gasteiger partial charge < -0.3 is 5.32 Å². The van der Waals surface area contributed by atoms with Crippen molar-refractivity contribution in [2.24, 2.45) is 5.92 Å². The zero-order valence-electron chi connectivity index (χ0n) is 19.9. The zero-order chi connectivity index (χ0) is 26.6. The van der Waals surface area contributed by atoms with Gasteiger partial charge in [-0.05, 0) is 54.8 Å². The van der Waals surface area contributed by atoms with Gasteiger partial charge in [0.05, 0.1) is 16.6 Å². The van der Waals surface area contributed by atoms with Gasteiger partial charge in [-0.15, -0.1) is 11.3 Å². The summed E-state index contributed by atoms with van der Waals surface area (Å²) in [6, 6.07) is 16.3. The molecule has 6 rings (SSSR count). The second-order valence-electron chi connectivity index (χ2n) is 9.08. The van der Waals surface area contributed by atoms with E-state index in [4.69, 9.17) is 0 Å². The molecule has 1 N–H and O–H groups in total. The Morgan fingerprint density at radius 3 is 2.42 bits per heavy atom. The van der Waals surface area contributed by atoms with Crippen LogP contribution in [0, 0.1) is 18.7 Å². The van der Waals surface area contributed by atoms with Crippen LogP contribution in [0.5, 0.6) is 0 Å². The van der Waals surface area contributed by atoms with Crippen molar-refractivity contribution in [3.63, 3.8) is 0 Å². The number of carbonyl (C=O) groups excluding carboxylic acids is 3. The van der Waals surface area contributed by atoms with Gasteiger partial charge in [-0.25, -0.2) is 9.29 Å². The van der Waals surface area contributed by atoms with E-state index in [0.717, 1.165) is 38.4 Å².